The van der Waals surface area contributed by atoms with Gasteiger partial charge >= 0.3 is 0 Å². The monoisotopic (exact) mass is 344 g/mol. The molecule has 1 aliphatic heterocycles. The fourth-order valence-electron chi connectivity index (χ4n) is 3.11. The van der Waals surface area contributed by atoms with Gasteiger partial charge in [0.1, 0.15) is 6.10 Å². The molecule has 8 heteroatoms. The van der Waals surface area contributed by atoms with E-state index in [1.807, 2.05) is 37.7 Å². The minimum absolute atomic E-state index is 0.00373. The Bertz CT molecular complexity index is 738. The fourth-order valence-corrected chi connectivity index (χ4v) is 3.11. The number of likely N-dealkylation sites (tertiary alicyclic amines) is 1. The molecule has 1 amide bonds. The van der Waals surface area contributed by atoms with E-state index in [0.29, 0.717) is 23.8 Å². The first-order chi connectivity index (χ1) is 12.0. The number of aromatic amines is 1. The van der Waals surface area contributed by atoms with Crippen molar-refractivity contribution in [2.45, 2.75) is 32.8 Å². The van der Waals surface area contributed by atoms with Gasteiger partial charge in [-0.15, -0.1) is 0 Å². The number of ether oxygens (including phenoxy) is 1. The van der Waals surface area contributed by atoms with Gasteiger partial charge in [-0.05, 0) is 26.7 Å². The second kappa shape index (κ2) is 7.08. The van der Waals surface area contributed by atoms with E-state index in [1.54, 1.807) is 12.4 Å². The summed E-state index contributed by atoms with van der Waals surface area (Å²) in [6.45, 7) is 4.97. The van der Waals surface area contributed by atoms with Gasteiger partial charge in [-0.2, -0.15) is 5.10 Å². The number of nitrogens with zero attached hydrogens (tertiary/aromatic N) is 5. The summed E-state index contributed by atoms with van der Waals surface area (Å²) in [6, 6.07) is 0. The van der Waals surface area contributed by atoms with Crippen LogP contribution in [0.5, 0.6) is 5.88 Å². The van der Waals surface area contributed by atoms with Crippen molar-refractivity contribution in [3.05, 3.63) is 29.3 Å². The molecule has 1 unspecified atom stereocenters. The van der Waals surface area contributed by atoms with Gasteiger partial charge in [0.2, 0.25) is 0 Å². The standard InChI is InChI=1S/C17H24N6O2/c1-11-14(12(2)21-20-11)17(24)23-9-5-6-13(10-23)25-16-15(22(3)4)18-7-8-19-16/h7-8,13H,5-6,9-10H2,1-4H3,(H,20,21). The molecule has 2 aromatic heterocycles. The summed E-state index contributed by atoms with van der Waals surface area (Å²) in [6.07, 6.45) is 4.94. The quantitative estimate of drug-likeness (QED) is 0.906. The first-order valence-electron chi connectivity index (χ1n) is 8.43. The second-order valence-corrected chi connectivity index (χ2v) is 6.52. The molecular formula is C17H24N6O2. The minimum atomic E-state index is -0.0967. The topological polar surface area (TPSA) is 87.2 Å². The number of nitrogens with one attached hydrogen (secondary N) is 1. The number of carbonyl (C=O) groups excluding carboxylic acids is 1. The maximum absolute atomic E-state index is 12.8. The molecule has 0 spiro atoms. The highest BCUT2D eigenvalue weighted by atomic mass is 16.5. The number of carbonyl (C=O) groups is 1. The van der Waals surface area contributed by atoms with Crippen molar-refractivity contribution >= 4 is 11.7 Å². The fraction of sp³-hybridized carbons (Fsp3) is 0.529. The van der Waals surface area contributed by atoms with Crippen molar-refractivity contribution in [2.24, 2.45) is 0 Å². The van der Waals surface area contributed by atoms with E-state index < -0.39 is 0 Å². The van der Waals surface area contributed by atoms with Crippen molar-refractivity contribution in [3.8, 4) is 5.88 Å². The Morgan fingerprint density at radius 2 is 2.08 bits per heavy atom. The maximum Gasteiger partial charge on any atom is 0.257 e. The molecule has 2 aromatic rings. The zero-order valence-electron chi connectivity index (χ0n) is 15.1. The predicted molar refractivity (Wildman–Crippen MR) is 94.0 cm³/mol. The zero-order chi connectivity index (χ0) is 18.0. The molecular weight excluding hydrogens is 320 g/mol. The molecule has 0 aliphatic carbocycles. The number of H-pyrrole nitrogens is 1. The van der Waals surface area contributed by atoms with Crippen LogP contribution in [0.15, 0.2) is 12.4 Å². The number of aromatic nitrogens is 4. The Kier molecular flexibility index (Phi) is 4.87. The summed E-state index contributed by atoms with van der Waals surface area (Å²) in [5, 5.41) is 7.00. The van der Waals surface area contributed by atoms with Crippen LogP contribution >= 0.6 is 0 Å². The molecule has 0 bridgehead atoms. The number of piperidine rings is 1. The molecule has 0 radical (unpaired) electrons. The summed E-state index contributed by atoms with van der Waals surface area (Å²) >= 11 is 0. The second-order valence-electron chi connectivity index (χ2n) is 6.52. The molecule has 0 aromatic carbocycles. The third kappa shape index (κ3) is 3.57. The summed E-state index contributed by atoms with van der Waals surface area (Å²) < 4.78 is 6.07. The van der Waals surface area contributed by atoms with Crippen LogP contribution in [0, 0.1) is 13.8 Å². The first kappa shape index (κ1) is 17.2. The molecule has 1 aliphatic rings. The molecule has 0 saturated carbocycles. The van der Waals surface area contributed by atoms with Crippen LogP contribution in [0.4, 0.5) is 5.82 Å². The molecule has 134 valence electrons. The Labute approximate surface area is 147 Å². The number of amides is 1. The van der Waals surface area contributed by atoms with Crippen LogP contribution in [0.3, 0.4) is 0 Å². The highest BCUT2D eigenvalue weighted by Crippen LogP contribution is 2.25. The van der Waals surface area contributed by atoms with Crippen molar-refractivity contribution in [1.29, 1.82) is 0 Å². The molecule has 1 atom stereocenters. The highest BCUT2D eigenvalue weighted by Gasteiger charge is 2.29. The summed E-state index contributed by atoms with van der Waals surface area (Å²) in [5.41, 5.74) is 2.19. The number of rotatable bonds is 4. The van der Waals surface area contributed by atoms with E-state index in [1.165, 1.54) is 0 Å². The van der Waals surface area contributed by atoms with Gasteiger partial charge in [0.25, 0.3) is 11.8 Å². The summed E-state index contributed by atoms with van der Waals surface area (Å²) in [7, 11) is 3.80. The molecule has 1 N–H and O–H groups in total. The van der Waals surface area contributed by atoms with E-state index in [0.717, 1.165) is 30.8 Å². The zero-order valence-corrected chi connectivity index (χ0v) is 15.1. The highest BCUT2D eigenvalue weighted by molar-refractivity contribution is 5.96. The van der Waals surface area contributed by atoms with Gasteiger partial charge in [0, 0.05) is 38.7 Å². The molecule has 25 heavy (non-hydrogen) atoms. The lowest BCUT2D eigenvalue weighted by molar-refractivity contribution is 0.0527. The van der Waals surface area contributed by atoms with Gasteiger partial charge in [-0.1, -0.05) is 0 Å². The normalized spacial score (nSPS) is 17.4. The van der Waals surface area contributed by atoms with Crippen LogP contribution < -0.4 is 9.64 Å². The van der Waals surface area contributed by atoms with Gasteiger partial charge < -0.3 is 14.5 Å². The van der Waals surface area contributed by atoms with E-state index in [9.17, 15) is 4.79 Å². The van der Waals surface area contributed by atoms with Crippen LogP contribution in [-0.4, -0.2) is 64.3 Å². The summed E-state index contributed by atoms with van der Waals surface area (Å²) in [5.74, 6) is 1.19. The Morgan fingerprint density at radius 1 is 1.32 bits per heavy atom. The Balaban J connectivity index is 1.73. The first-order valence-corrected chi connectivity index (χ1v) is 8.43. The van der Waals surface area contributed by atoms with Crippen LogP contribution in [0.1, 0.15) is 34.6 Å². The third-order valence-electron chi connectivity index (χ3n) is 4.36. The van der Waals surface area contributed by atoms with Crippen LogP contribution in [0.2, 0.25) is 0 Å². The van der Waals surface area contributed by atoms with Crippen molar-refractivity contribution < 1.29 is 9.53 Å². The Hall–Kier alpha value is -2.64. The van der Waals surface area contributed by atoms with Crippen molar-refractivity contribution in [2.75, 3.05) is 32.1 Å². The predicted octanol–water partition coefficient (Wildman–Crippen LogP) is 1.57. The number of hydrogen-bond acceptors (Lipinski definition) is 6. The van der Waals surface area contributed by atoms with E-state index >= 15 is 0 Å². The smallest absolute Gasteiger partial charge is 0.257 e. The van der Waals surface area contributed by atoms with Crippen LogP contribution in [-0.2, 0) is 0 Å². The number of hydrogen-bond donors (Lipinski definition) is 1. The number of anilines is 1. The molecule has 1 fully saturated rings. The number of aryl methyl sites for hydroxylation is 2. The van der Waals surface area contributed by atoms with Crippen molar-refractivity contribution in [3.63, 3.8) is 0 Å². The lowest BCUT2D eigenvalue weighted by atomic mass is 10.1. The van der Waals surface area contributed by atoms with Gasteiger partial charge in [0.05, 0.1) is 17.8 Å². The Morgan fingerprint density at radius 3 is 2.76 bits per heavy atom. The molecule has 8 nitrogen and oxygen atoms in total. The SMILES string of the molecule is Cc1n[nH]c(C)c1C(=O)N1CCCC(Oc2nccnc2N(C)C)C1. The molecule has 3 rings (SSSR count). The lowest BCUT2D eigenvalue weighted by Gasteiger charge is -2.33. The minimum Gasteiger partial charge on any atom is -0.470 e. The summed E-state index contributed by atoms with van der Waals surface area (Å²) in [4.78, 5) is 25.2. The third-order valence-corrected chi connectivity index (χ3v) is 4.36. The van der Waals surface area contributed by atoms with Crippen molar-refractivity contribution in [1.82, 2.24) is 25.1 Å². The van der Waals surface area contributed by atoms with E-state index in [2.05, 4.69) is 20.2 Å². The average Bonchev–Trinajstić information content (AvgIpc) is 2.93. The van der Waals surface area contributed by atoms with E-state index in [4.69, 9.17) is 4.74 Å². The molecule has 1 saturated heterocycles. The van der Waals surface area contributed by atoms with Gasteiger partial charge in [-0.3, -0.25) is 9.89 Å². The largest absolute Gasteiger partial charge is 0.470 e. The van der Waals surface area contributed by atoms with E-state index in [-0.39, 0.29) is 12.0 Å². The van der Waals surface area contributed by atoms with Crippen LogP contribution in [0.25, 0.3) is 0 Å². The average molecular weight is 344 g/mol. The maximum atomic E-state index is 12.8. The van der Waals surface area contributed by atoms with Gasteiger partial charge in [0.15, 0.2) is 5.82 Å². The molecule has 3 heterocycles. The lowest BCUT2D eigenvalue weighted by Crippen LogP contribution is -2.44. The van der Waals surface area contributed by atoms with Gasteiger partial charge in [-0.25, -0.2) is 9.97 Å².